The molecule has 0 N–H and O–H groups in total. The van der Waals surface area contributed by atoms with Crippen molar-refractivity contribution in [3.8, 4) is 0 Å². The molecule has 1 aliphatic rings. The van der Waals surface area contributed by atoms with Gasteiger partial charge in [-0.25, -0.2) is 0 Å². The molecule has 1 heterocycles. The highest BCUT2D eigenvalue weighted by Crippen LogP contribution is 2.13. The van der Waals surface area contributed by atoms with E-state index in [1.54, 1.807) is 0 Å². The lowest BCUT2D eigenvalue weighted by molar-refractivity contribution is 0.428. The first-order chi connectivity index (χ1) is 5.70. The van der Waals surface area contributed by atoms with E-state index in [0.717, 1.165) is 0 Å². The molecule has 0 atom stereocenters. The summed E-state index contributed by atoms with van der Waals surface area (Å²) in [6.07, 6.45) is 7.13. The van der Waals surface area contributed by atoms with Crippen LogP contribution in [0.5, 0.6) is 0 Å². The third kappa shape index (κ3) is 2.72. The van der Waals surface area contributed by atoms with Crippen molar-refractivity contribution in [2.45, 2.75) is 33.6 Å². The van der Waals surface area contributed by atoms with Gasteiger partial charge < -0.3 is 4.90 Å². The normalized spacial score (nSPS) is 18.2. The molecular formula is C11H19N. The third-order valence-corrected chi connectivity index (χ3v) is 2.26. The van der Waals surface area contributed by atoms with Gasteiger partial charge in [0, 0.05) is 18.8 Å². The van der Waals surface area contributed by atoms with E-state index in [9.17, 15) is 0 Å². The molecule has 1 rings (SSSR count). The Morgan fingerprint density at radius 2 is 1.58 bits per heavy atom. The number of allylic oxidation sites excluding steroid dienone is 4. The molecule has 0 aromatic carbocycles. The SMILES string of the molecule is CC(C)=CC=C(C)N1CCCC1. The summed E-state index contributed by atoms with van der Waals surface area (Å²) in [7, 11) is 0. The summed E-state index contributed by atoms with van der Waals surface area (Å²) in [6.45, 7) is 8.96. The van der Waals surface area contributed by atoms with Crippen molar-refractivity contribution in [1.82, 2.24) is 4.90 Å². The monoisotopic (exact) mass is 165 g/mol. The highest BCUT2D eigenvalue weighted by Gasteiger charge is 2.10. The van der Waals surface area contributed by atoms with E-state index < -0.39 is 0 Å². The van der Waals surface area contributed by atoms with Crippen LogP contribution in [0.15, 0.2) is 23.4 Å². The van der Waals surface area contributed by atoms with E-state index in [2.05, 4.69) is 37.8 Å². The van der Waals surface area contributed by atoms with Gasteiger partial charge in [-0.2, -0.15) is 0 Å². The van der Waals surface area contributed by atoms with Crippen molar-refractivity contribution in [3.05, 3.63) is 23.4 Å². The van der Waals surface area contributed by atoms with E-state index in [1.807, 2.05) is 0 Å². The Kier molecular flexibility index (Phi) is 3.39. The number of hydrogen-bond donors (Lipinski definition) is 0. The van der Waals surface area contributed by atoms with E-state index in [4.69, 9.17) is 0 Å². The Balaban J connectivity index is 2.50. The lowest BCUT2D eigenvalue weighted by Gasteiger charge is -2.17. The third-order valence-electron chi connectivity index (χ3n) is 2.26. The average Bonchev–Trinajstić information content (AvgIpc) is 2.51. The lowest BCUT2D eigenvalue weighted by Crippen LogP contribution is -2.16. The van der Waals surface area contributed by atoms with Gasteiger partial charge in [-0.05, 0) is 39.7 Å². The van der Waals surface area contributed by atoms with Crippen molar-refractivity contribution in [2.75, 3.05) is 13.1 Å². The highest BCUT2D eigenvalue weighted by atomic mass is 15.1. The Morgan fingerprint density at radius 3 is 2.08 bits per heavy atom. The van der Waals surface area contributed by atoms with E-state index >= 15 is 0 Å². The number of likely N-dealkylation sites (tertiary alicyclic amines) is 1. The summed E-state index contributed by atoms with van der Waals surface area (Å²) in [6, 6.07) is 0. The van der Waals surface area contributed by atoms with Crippen LogP contribution in [0.2, 0.25) is 0 Å². The molecule has 1 nitrogen and oxygen atoms in total. The Hall–Kier alpha value is -0.720. The quantitative estimate of drug-likeness (QED) is 0.569. The van der Waals surface area contributed by atoms with Crippen LogP contribution in [0.1, 0.15) is 33.6 Å². The molecule has 1 heteroatoms. The van der Waals surface area contributed by atoms with Crippen molar-refractivity contribution in [2.24, 2.45) is 0 Å². The minimum Gasteiger partial charge on any atom is -0.375 e. The first-order valence-electron chi connectivity index (χ1n) is 4.77. The van der Waals surface area contributed by atoms with Gasteiger partial charge >= 0.3 is 0 Å². The fourth-order valence-electron chi connectivity index (χ4n) is 1.46. The lowest BCUT2D eigenvalue weighted by atomic mass is 10.3. The van der Waals surface area contributed by atoms with Crippen molar-refractivity contribution in [3.63, 3.8) is 0 Å². The van der Waals surface area contributed by atoms with Gasteiger partial charge in [-0.3, -0.25) is 0 Å². The molecule has 0 unspecified atom stereocenters. The molecule has 0 aliphatic carbocycles. The zero-order valence-electron chi connectivity index (χ0n) is 8.43. The van der Waals surface area contributed by atoms with Crippen molar-refractivity contribution in [1.29, 1.82) is 0 Å². The second-order valence-corrected chi connectivity index (χ2v) is 3.75. The van der Waals surface area contributed by atoms with Gasteiger partial charge in [0.2, 0.25) is 0 Å². The van der Waals surface area contributed by atoms with Crippen LogP contribution in [0.3, 0.4) is 0 Å². The standard InChI is InChI=1S/C11H19N/c1-10(2)6-7-11(3)12-8-4-5-9-12/h6-7H,4-5,8-9H2,1-3H3. The van der Waals surface area contributed by atoms with Gasteiger partial charge in [0.15, 0.2) is 0 Å². The number of nitrogens with zero attached hydrogens (tertiary/aromatic N) is 1. The average molecular weight is 165 g/mol. The summed E-state index contributed by atoms with van der Waals surface area (Å²) < 4.78 is 0. The van der Waals surface area contributed by atoms with Gasteiger partial charge in [-0.1, -0.05) is 11.6 Å². The summed E-state index contributed by atoms with van der Waals surface area (Å²) in [5, 5.41) is 0. The smallest absolute Gasteiger partial charge is 0.0175 e. The molecule has 0 spiro atoms. The summed E-state index contributed by atoms with van der Waals surface area (Å²) >= 11 is 0. The predicted molar refractivity (Wildman–Crippen MR) is 54.0 cm³/mol. The Morgan fingerprint density at radius 1 is 1.00 bits per heavy atom. The summed E-state index contributed by atoms with van der Waals surface area (Å²) in [5.74, 6) is 0. The van der Waals surface area contributed by atoms with Gasteiger partial charge in [0.1, 0.15) is 0 Å². The minimum atomic E-state index is 1.25. The van der Waals surface area contributed by atoms with Crippen LogP contribution < -0.4 is 0 Å². The van der Waals surface area contributed by atoms with Crippen LogP contribution >= 0.6 is 0 Å². The zero-order chi connectivity index (χ0) is 8.97. The van der Waals surface area contributed by atoms with Crippen LogP contribution in [-0.2, 0) is 0 Å². The molecule has 1 saturated heterocycles. The molecule has 0 aromatic rings. The highest BCUT2D eigenvalue weighted by molar-refractivity contribution is 5.14. The molecular weight excluding hydrogens is 146 g/mol. The van der Waals surface area contributed by atoms with Crippen LogP contribution in [0.4, 0.5) is 0 Å². The maximum atomic E-state index is 2.46. The van der Waals surface area contributed by atoms with Crippen molar-refractivity contribution >= 4 is 0 Å². The molecule has 1 fully saturated rings. The number of rotatable bonds is 2. The Labute approximate surface area is 75.8 Å². The number of hydrogen-bond acceptors (Lipinski definition) is 1. The van der Waals surface area contributed by atoms with Crippen LogP contribution in [-0.4, -0.2) is 18.0 Å². The minimum absolute atomic E-state index is 1.25. The second kappa shape index (κ2) is 4.34. The molecule has 0 amide bonds. The first-order valence-corrected chi connectivity index (χ1v) is 4.77. The fourth-order valence-corrected chi connectivity index (χ4v) is 1.46. The van der Waals surface area contributed by atoms with E-state index in [0.29, 0.717) is 0 Å². The first kappa shape index (κ1) is 9.37. The molecule has 0 saturated carbocycles. The molecule has 0 radical (unpaired) electrons. The Bertz CT molecular complexity index is 191. The molecule has 0 aromatic heterocycles. The summed E-state index contributed by atoms with van der Waals surface area (Å²) in [5.41, 5.74) is 2.78. The second-order valence-electron chi connectivity index (χ2n) is 3.75. The topological polar surface area (TPSA) is 3.24 Å². The molecule has 0 bridgehead atoms. The molecule has 68 valence electrons. The van der Waals surface area contributed by atoms with Gasteiger partial charge in [-0.15, -0.1) is 0 Å². The largest absolute Gasteiger partial charge is 0.375 e. The van der Waals surface area contributed by atoms with Gasteiger partial charge in [0.25, 0.3) is 0 Å². The van der Waals surface area contributed by atoms with E-state index in [-0.39, 0.29) is 0 Å². The van der Waals surface area contributed by atoms with Gasteiger partial charge in [0.05, 0.1) is 0 Å². The predicted octanol–water partition coefficient (Wildman–Crippen LogP) is 2.95. The maximum Gasteiger partial charge on any atom is 0.0175 e. The maximum absolute atomic E-state index is 2.46. The summed E-state index contributed by atoms with van der Waals surface area (Å²) in [4.78, 5) is 2.46. The zero-order valence-corrected chi connectivity index (χ0v) is 8.43. The molecule has 12 heavy (non-hydrogen) atoms. The fraction of sp³-hybridized carbons (Fsp3) is 0.636. The molecule has 1 aliphatic heterocycles. The van der Waals surface area contributed by atoms with Crippen LogP contribution in [0, 0.1) is 0 Å². The van der Waals surface area contributed by atoms with E-state index in [1.165, 1.54) is 37.2 Å². The van der Waals surface area contributed by atoms with Crippen LogP contribution in [0.25, 0.3) is 0 Å². The van der Waals surface area contributed by atoms with Crippen molar-refractivity contribution < 1.29 is 0 Å².